The van der Waals surface area contributed by atoms with Gasteiger partial charge in [0, 0.05) is 35.4 Å². The lowest BCUT2D eigenvalue weighted by molar-refractivity contribution is -0.579. The van der Waals surface area contributed by atoms with Crippen molar-refractivity contribution in [1.29, 1.82) is 0 Å². The first kappa shape index (κ1) is 26.3. The van der Waals surface area contributed by atoms with E-state index in [1.165, 1.54) is 23.8 Å². The Morgan fingerprint density at radius 1 is 0.889 bits per heavy atom. The third-order valence-electron chi connectivity index (χ3n) is 11.5. The number of imide groups is 1. The highest BCUT2D eigenvalue weighted by molar-refractivity contribution is 6.15. The molecular weight excluding hydrogens is 458 g/mol. The van der Waals surface area contributed by atoms with Crippen LogP contribution in [0.25, 0.3) is 0 Å². The van der Waals surface area contributed by atoms with E-state index in [0.717, 1.165) is 25.7 Å². The topological polar surface area (TPSA) is 74.3 Å². The maximum Gasteiger partial charge on any atom is 0.256 e. The molecule has 6 saturated carbocycles. The van der Waals surface area contributed by atoms with Crippen LogP contribution in [-0.4, -0.2) is 40.2 Å². The van der Waals surface area contributed by atoms with Crippen molar-refractivity contribution in [3.05, 3.63) is 11.6 Å². The van der Waals surface area contributed by atoms with E-state index in [2.05, 4.69) is 41.5 Å². The van der Waals surface area contributed by atoms with Crippen molar-refractivity contribution in [3.63, 3.8) is 0 Å². The molecule has 6 aliphatic carbocycles. The predicted octanol–water partition coefficient (Wildman–Crippen LogP) is 5.73. The third-order valence-corrected chi connectivity index (χ3v) is 11.5. The van der Waals surface area contributed by atoms with Crippen LogP contribution in [0, 0.1) is 34.5 Å². The van der Waals surface area contributed by atoms with Crippen LogP contribution in [0.1, 0.15) is 100 Å². The zero-order valence-electron chi connectivity index (χ0n) is 23.4. The molecule has 4 bridgehead atoms. The number of hydrogen-bond donors (Lipinski definition) is 0. The molecule has 6 unspecified atom stereocenters. The number of rotatable bonds is 9. The van der Waals surface area contributed by atoms with E-state index in [0.29, 0.717) is 29.2 Å². The second-order valence-electron chi connectivity index (χ2n) is 13.8. The quantitative estimate of drug-likeness (QED) is 0.173. The van der Waals surface area contributed by atoms with Gasteiger partial charge < -0.3 is 0 Å². The number of fused-ring (bicyclic) bond motifs is 4. The molecule has 6 atom stereocenters. The van der Waals surface area contributed by atoms with Gasteiger partial charge in [-0.25, -0.2) is 9.78 Å². The van der Waals surface area contributed by atoms with Crippen LogP contribution in [-0.2, 0) is 29.1 Å². The van der Waals surface area contributed by atoms with Crippen molar-refractivity contribution < 1.29 is 29.1 Å². The molecule has 7 heteroatoms. The van der Waals surface area contributed by atoms with Crippen LogP contribution in [0.3, 0.4) is 0 Å². The molecule has 0 saturated heterocycles. The first-order chi connectivity index (χ1) is 16.7. The molecule has 7 aliphatic rings. The normalized spacial score (nSPS) is 41.9. The number of nitrogens with zero attached hydrogens (tertiary/aromatic N) is 1. The van der Waals surface area contributed by atoms with E-state index in [9.17, 15) is 9.59 Å². The van der Waals surface area contributed by atoms with E-state index in [-0.39, 0.29) is 46.8 Å². The minimum Gasteiger partial charge on any atom is -0.275 e. The van der Waals surface area contributed by atoms with Crippen LogP contribution in [0.15, 0.2) is 11.6 Å². The first-order valence-corrected chi connectivity index (χ1v) is 14.0. The van der Waals surface area contributed by atoms with E-state index in [1.54, 1.807) is 13.8 Å². The summed E-state index contributed by atoms with van der Waals surface area (Å²) < 4.78 is 0. The summed E-state index contributed by atoms with van der Waals surface area (Å²) in [7, 11) is 0. The minimum atomic E-state index is -1.28. The van der Waals surface area contributed by atoms with Crippen LogP contribution in [0.5, 0.6) is 0 Å². The van der Waals surface area contributed by atoms with Crippen molar-refractivity contribution in [2.75, 3.05) is 6.54 Å². The zero-order chi connectivity index (χ0) is 26.3. The SMILES string of the molecule is CC1=CC(=O)N(CCC(C)(OOC23CC(CCC2C)C3(C)C)OOC23CC(CCC2C)C3(C)C)C1=O. The fourth-order valence-corrected chi connectivity index (χ4v) is 8.20. The summed E-state index contributed by atoms with van der Waals surface area (Å²) in [4.78, 5) is 51.3. The Labute approximate surface area is 216 Å². The first-order valence-electron chi connectivity index (χ1n) is 14.0. The summed E-state index contributed by atoms with van der Waals surface area (Å²) in [5.41, 5.74) is -0.294. The molecule has 7 nitrogen and oxygen atoms in total. The van der Waals surface area contributed by atoms with E-state index >= 15 is 0 Å². The molecule has 0 spiro atoms. The Morgan fingerprint density at radius 3 is 1.72 bits per heavy atom. The predicted molar refractivity (Wildman–Crippen MR) is 134 cm³/mol. The Morgan fingerprint density at radius 2 is 1.36 bits per heavy atom. The van der Waals surface area contributed by atoms with Gasteiger partial charge in [-0.15, -0.1) is 0 Å². The lowest BCUT2D eigenvalue weighted by atomic mass is 9.43. The average molecular weight is 504 g/mol. The molecule has 0 radical (unpaired) electrons. The fourth-order valence-electron chi connectivity index (χ4n) is 8.20. The van der Waals surface area contributed by atoms with Crippen LogP contribution < -0.4 is 0 Å². The molecule has 0 aromatic carbocycles. The number of hydrogen-bond acceptors (Lipinski definition) is 6. The minimum absolute atomic E-state index is 0.00804. The summed E-state index contributed by atoms with van der Waals surface area (Å²) in [6, 6.07) is 0. The summed E-state index contributed by atoms with van der Waals surface area (Å²) in [6.45, 7) is 17.2. The molecule has 0 aromatic rings. The van der Waals surface area contributed by atoms with Gasteiger partial charge in [0.1, 0.15) is 11.2 Å². The van der Waals surface area contributed by atoms with Crippen LogP contribution in [0.2, 0.25) is 0 Å². The number of carbonyl (C=O) groups is 2. The van der Waals surface area contributed by atoms with Gasteiger partial charge in [0.15, 0.2) is 0 Å². The maximum absolute atomic E-state index is 12.5. The Kier molecular flexibility index (Phi) is 6.11. The van der Waals surface area contributed by atoms with Crippen molar-refractivity contribution >= 4 is 11.8 Å². The van der Waals surface area contributed by atoms with Crippen molar-refractivity contribution in [3.8, 4) is 0 Å². The molecule has 1 heterocycles. The van der Waals surface area contributed by atoms with E-state index in [4.69, 9.17) is 19.6 Å². The van der Waals surface area contributed by atoms with E-state index < -0.39 is 5.79 Å². The number of amides is 2. The Balaban J connectivity index is 1.33. The van der Waals surface area contributed by atoms with Gasteiger partial charge in [0.05, 0.1) is 0 Å². The molecule has 2 amide bonds. The fraction of sp³-hybridized carbons (Fsp3) is 0.862. The Bertz CT molecular complexity index is 923. The van der Waals surface area contributed by atoms with Gasteiger partial charge in [-0.05, 0) is 76.0 Å². The molecule has 1 aliphatic heterocycles. The Hall–Kier alpha value is -1.28. The van der Waals surface area contributed by atoms with Gasteiger partial charge in [-0.1, -0.05) is 41.5 Å². The highest BCUT2D eigenvalue weighted by Gasteiger charge is 2.69. The summed E-state index contributed by atoms with van der Waals surface area (Å²) in [5.74, 6) is 0.130. The van der Waals surface area contributed by atoms with Crippen molar-refractivity contribution in [1.82, 2.24) is 4.90 Å². The lowest BCUT2D eigenvalue weighted by Crippen LogP contribution is -2.69. The van der Waals surface area contributed by atoms with Crippen LogP contribution >= 0.6 is 0 Å². The van der Waals surface area contributed by atoms with Crippen molar-refractivity contribution in [2.45, 2.75) is 117 Å². The second kappa shape index (κ2) is 8.36. The molecule has 36 heavy (non-hydrogen) atoms. The molecular formula is C29H45NO6. The molecule has 202 valence electrons. The van der Waals surface area contributed by atoms with Gasteiger partial charge >= 0.3 is 0 Å². The molecule has 6 fully saturated rings. The number of carbonyl (C=O) groups excluding carboxylic acids is 2. The monoisotopic (exact) mass is 503 g/mol. The molecule has 0 N–H and O–H groups in total. The lowest BCUT2D eigenvalue weighted by Gasteiger charge is -2.67. The standard InChI is InChI=1S/C29H45NO6/c1-18-15-23(31)30(24(18)32)14-13-27(8,33-35-28-16-21(25(28,4)5)11-9-19(28)2)34-36-29-17-22(26(29,6)7)12-10-20(29)3/h15,19-22H,9-14,16-17H2,1-8H3. The average Bonchev–Trinajstić information content (AvgIpc) is 3.06. The smallest absolute Gasteiger partial charge is 0.256 e. The van der Waals surface area contributed by atoms with Gasteiger partial charge in [-0.3, -0.25) is 14.5 Å². The van der Waals surface area contributed by atoms with E-state index in [1.807, 2.05) is 0 Å². The summed E-state index contributed by atoms with van der Waals surface area (Å²) in [6.07, 6.45) is 8.24. The van der Waals surface area contributed by atoms with Gasteiger partial charge in [0.25, 0.3) is 11.8 Å². The largest absolute Gasteiger partial charge is 0.275 e. The molecule has 7 rings (SSSR count). The van der Waals surface area contributed by atoms with Gasteiger partial charge in [-0.2, -0.15) is 9.78 Å². The highest BCUT2D eigenvalue weighted by Crippen LogP contribution is 2.67. The van der Waals surface area contributed by atoms with Gasteiger partial charge in [0.2, 0.25) is 5.79 Å². The van der Waals surface area contributed by atoms with Crippen LogP contribution in [0.4, 0.5) is 0 Å². The summed E-state index contributed by atoms with van der Waals surface area (Å²) >= 11 is 0. The third kappa shape index (κ3) is 3.52. The summed E-state index contributed by atoms with van der Waals surface area (Å²) in [5, 5.41) is 0. The molecule has 0 aromatic heterocycles. The highest BCUT2D eigenvalue weighted by atomic mass is 17.3. The zero-order valence-corrected chi connectivity index (χ0v) is 23.4. The second-order valence-corrected chi connectivity index (χ2v) is 13.8. The maximum atomic E-state index is 12.5. The van der Waals surface area contributed by atoms with Crippen molar-refractivity contribution in [2.24, 2.45) is 34.5 Å².